The van der Waals surface area contributed by atoms with Crippen LogP contribution < -0.4 is 5.32 Å². The summed E-state index contributed by atoms with van der Waals surface area (Å²) in [4.78, 5) is 12.0. The first-order valence-corrected chi connectivity index (χ1v) is 8.42. The van der Waals surface area contributed by atoms with Crippen molar-refractivity contribution in [3.63, 3.8) is 0 Å². The van der Waals surface area contributed by atoms with Gasteiger partial charge in [0.25, 0.3) is 0 Å². The molecule has 2 aromatic carbocycles. The molecule has 0 saturated carbocycles. The highest BCUT2D eigenvalue weighted by molar-refractivity contribution is 6.31. The molecule has 3 aromatic rings. The summed E-state index contributed by atoms with van der Waals surface area (Å²) in [6, 6.07) is 15.4. The number of hydrogen-bond donors (Lipinski definition) is 1. The number of aryl methyl sites for hydroxylation is 1. The Kier molecular flexibility index (Phi) is 5.49. The van der Waals surface area contributed by atoms with Gasteiger partial charge in [0, 0.05) is 17.3 Å². The number of hydrogen-bond acceptors (Lipinski definition) is 2. The van der Waals surface area contributed by atoms with Crippen molar-refractivity contribution in [2.24, 2.45) is 0 Å². The number of carbonyl (C=O) groups is 1. The summed E-state index contributed by atoms with van der Waals surface area (Å²) in [6.07, 6.45) is 3.01. The second-order valence-corrected chi connectivity index (χ2v) is 6.12. The van der Waals surface area contributed by atoms with E-state index in [4.69, 9.17) is 11.6 Å². The maximum absolute atomic E-state index is 12.9. The van der Waals surface area contributed by atoms with E-state index in [1.165, 1.54) is 30.3 Å². The van der Waals surface area contributed by atoms with Crippen LogP contribution in [0, 0.1) is 12.7 Å². The first-order valence-electron chi connectivity index (χ1n) is 8.04. The third-order valence-electron chi connectivity index (χ3n) is 3.80. The summed E-state index contributed by atoms with van der Waals surface area (Å²) < 4.78 is 14.6. The highest BCUT2D eigenvalue weighted by Crippen LogP contribution is 2.22. The molecule has 0 aliphatic carbocycles. The highest BCUT2D eigenvalue weighted by Gasteiger charge is 2.11. The number of aromatic nitrogens is 2. The second-order valence-electron chi connectivity index (χ2n) is 5.76. The average molecular weight is 370 g/mol. The van der Waals surface area contributed by atoms with Crippen molar-refractivity contribution < 1.29 is 9.18 Å². The van der Waals surface area contributed by atoms with E-state index < -0.39 is 0 Å². The van der Waals surface area contributed by atoms with Crippen LogP contribution in [0.3, 0.4) is 0 Å². The summed E-state index contributed by atoms with van der Waals surface area (Å²) in [5, 5.41) is 7.57. The number of rotatable bonds is 5. The van der Waals surface area contributed by atoms with Crippen LogP contribution >= 0.6 is 11.6 Å². The van der Waals surface area contributed by atoms with Gasteiger partial charge >= 0.3 is 0 Å². The zero-order valence-electron chi connectivity index (χ0n) is 14.1. The van der Waals surface area contributed by atoms with Gasteiger partial charge in [-0.05, 0) is 42.8 Å². The van der Waals surface area contributed by atoms with Crippen molar-refractivity contribution in [2.75, 3.05) is 5.32 Å². The minimum atomic E-state index is -0.355. The van der Waals surface area contributed by atoms with E-state index in [-0.39, 0.29) is 11.7 Å². The molecule has 1 N–H and O–H groups in total. The van der Waals surface area contributed by atoms with Gasteiger partial charge in [0.15, 0.2) is 0 Å². The molecule has 1 aromatic heterocycles. The Hall–Kier alpha value is -2.92. The second kappa shape index (κ2) is 7.97. The van der Waals surface area contributed by atoms with Crippen LogP contribution in [0.2, 0.25) is 5.15 Å². The summed E-state index contributed by atoms with van der Waals surface area (Å²) in [6.45, 7) is 2.39. The van der Waals surface area contributed by atoms with Crippen LogP contribution in [0.15, 0.2) is 60.7 Å². The minimum Gasteiger partial charge on any atom is -0.323 e. The zero-order chi connectivity index (χ0) is 18.5. The lowest BCUT2D eigenvalue weighted by atomic mass is 10.2. The quantitative estimate of drug-likeness (QED) is 0.663. The van der Waals surface area contributed by atoms with Gasteiger partial charge in [0.1, 0.15) is 11.0 Å². The number of nitrogens with zero attached hydrogens (tertiary/aromatic N) is 2. The van der Waals surface area contributed by atoms with Crippen molar-refractivity contribution in [1.82, 2.24) is 9.78 Å². The Morgan fingerprint density at radius 1 is 1.19 bits per heavy atom. The Balaban J connectivity index is 1.72. The Labute approximate surface area is 155 Å². The predicted octanol–water partition coefficient (Wildman–Crippen LogP) is 4.68. The first kappa shape index (κ1) is 17.9. The molecule has 0 atom stereocenters. The standard InChI is InChI=1S/C20H17ClFN3O/c1-14-18(11-12-19(26)23-17-9-7-16(22)8-10-17)20(21)25(24-14)13-15-5-3-2-4-6-15/h2-12H,13H2,1H3,(H,23,26)/b12-11+. The number of halogens is 2. The third kappa shape index (κ3) is 4.37. The van der Waals surface area contributed by atoms with Crippen LogP contribution in [-0.2, 0) is 11.3 Å². The van der Waals surface area contributed by atoms with Crippen molar-refractivity contribution in [3.05, 3.63) is 88.5 Å². The van der Waals surface area contributed by atoms with Crippen LogP contribution in [0.1, 0.15) is 16.8 Å². The predicted molar refractivity (Wildman–Crippen MR) is 102 cm³/mol. The van der Waals surface area contributed by atoms with E-state index in [0.717, 1.165) is 11.3 Å². The fraction of sp³-hybridized carbons (Fsp3) is 0.100. The van der Waals surface area contributed by atoms with Gasteiger partial charge in [0.2, 0.25) is 5.91 Å². The lowest BCUT2D eigenvalue weighted by molar-refractivity contribution is -0.111. The van der Waals surface area contributed by atoms with Gasteiger partial charge in [-0.2, -0.15) is 5.10 Å². The van der Waals surface area contributed by atoms with Crippen molar-refractivity contribution in [2.45, 2.75) is 13.5 Å². The largest absolute Gasteiger partial charge is 0.323 e. The summed E-state index contributed by atoms with van der Waals surface area (Å²) >= 11 is 6.42. The lowest BCUT2D eigenvalue weighted by Gasteiger charge is -2.03. The topological polar surface area (TPSA) is 46.9 Å². The summed E-state index contributed by atoms with van der Waals surface area (Å²) in [5.41, 5.74) is 3.03. The molecule has 6 heteroatoms. The van der Waals surface area contributed by atoms with Crippen LogP contribution in [0.4, 0.5) is 10.1 Å². The molecule has 3 rings (SSSR count). The fourth-order valence-corrected chi connectivity index (χ4v) is 2.79. The molecule has 26 heavy (non-hydrogen) atoms. The smallest absolute Gasteiger partial charge is 0.248 e. The normalized spacial score (nSPS) is 11.0. The Morgan fingerprint density at radius 2 is 1.88 bits per heavy atom. The molecule has 1 heterocycles. The number of anilines is 1. The number of amides is 1. The Morgan fingerprint density at radius 3 is 2.58 bits per heavy atom. The lowest BCUT2D eigenvalue weighted by Crippen LogP contribution is -2.07. The first-order chi connectivity index (χ1) is 12.5. The van der Waals surface area contributed by atoms with Crippen molar-refractivity contribution in [1.29, 1.82) is 0 Å². The summed E-state index contributed by atoms with van der Waals surface area (Å²) in [7, 11) is 0. The van der Waals surface area contributed by atoms with Crippen molar-refractivity contribution >= 4 is 29.3 Å². The van der Waals surface area contributed by atoms with E-state index in [9.17, 15) is 9.18 Å². The van der Waals surface area contributed by atoms with Crippen LogP contribution in [0.25, 0.3) is 6.08 Å². The molecular weight excluding hydrogens is 353 g/mol. The molecule has 0 fully saturated rings. The monoisotopic (exact) mass is 369 g/mol. The van der Waals surface area contributed by atoms with Crippen molar-refractivity contribution in [3.8, 4) is 0 Å². The van der Waals surface area contributed by atoms with E-state index in [1.807, 2.05) is 37.3 Å². The number of nitrogens with one attached hydrogen (secondary N) is 1. The van der Waals surface area contributed by atoms with Gasteiger partial charge in [-0.25, -0.2) is 9.07 Å². The average Bonchev–Trinajstić information content (AvgIpc) is 2.89. The molecule has 1 amide bonds. The zero-order valence-corrected chi connectivity index (χ0v) is 14.9. The molecule has 0 spiro atoms. The van der Waals surface area contributed by atoms with E-state index in [1.54, 1.807) is 10.8 Å². The van der Waals surface area contributed by atoms with Gasteiger partial charge in [-0.15, -0.1) is 0 Å². The maximum atomic E-state index is 12.9. The van der Waals surface area contributed by atoms with E-state index in [2.05, 4.69) is 10.4 Å². The van der Waals surface area contributed by atoms with Gasteiger partial charge < -0.3 is 5.32 Å². The SMILES string of the molecule is Cc1nn(Cc2ccccc2)c(Cl)c1/C=C/C(=O)Nc1ccc(F)cc1. The summed E-state index contributed by atoms with van der Waals surface area (Å²) in [5.74, 6) is -0.685. The van der Waals surface area contributed by atoms with E-state index >= 15 is 0 Å². The molecule has 0 unspecified atom stereocenters. The van der Waals surface area contributed by atoms with Crippen LogP contribution in [-0.4, -0.2) is 15.7 Å². The Bertz CT molecular complexity index is 934. The third-order valence-corrected chi connectivity index (χ3v) is 4.20. The van der Waals surface area contributed by atoms with Gasteiger partial charge in [-0.1, -0.05) is 41.9 Å². The molecule has 0 radical (unpaired) electrons. The molecule has 0 aliphatic heterocycles. The fourth-order valence-electron chi connectivity index (χ4n) is 2.49. The maximum Gasteiger partial charge on any atom is 0.248 e. The number of carbonyl (C=O) groups excluding carboxylic acids is 1. The molecule has 0 aliphatic rings. The number of benzene rings is 2. The van der Waals surface area contributed by atoms with Crippen LogP contribution in [0.5, 0.6) is 0 Å². The molecular formula is C20H17ClFN3O. The molecule has 132 valence electrons. The van der Waals surface area contributed by atoms with Gasteiger partial charge in [-0.3, -0.25) is 4.79 Å². The van der Waals surface area contributed by atoms with E-state index in [0.29, 0.717) is 22.9 Å². The molecule has 0 saturated heterocycles. The minimum absolute atomic E-state index is 0.331. The van der Waals surface area contributed by atoms with Gasteiger partial charge in [0.05, 0.1) is 12.2 Å². The highest BCUT2D eigenvalue weighted by atomic mass is 35.5. The molecule has 0 bridgehead atoms. The molecule has 4 nitrogen and oxygen atoms in total.